The van der Waals surface area contributed by atoms with Crippen molar-refractivity contribution < 1.29 is 13.9 Å². The molecule has 4 atom stereocenters. The molecule has 0 amide bonds. The molecule has 202 valence electrons. The second-order valence-electron chi connectivity index (χ2n) is 10.9. The third-order valence-corrected chi connectivity index (χ3v) is 8.07. The summed E-state index contributed by atoms with van der Waals surface area (Å²) in [6.07, 6.45) is 2.36. The molecule has 2 aliphatic heterocycles. The van der Waals surface area contributed by atoms with Crippen LogP contribution >= 0.6 is 0 Å². The Morgan fingerprint density at radius 3 is 2.72 bits per heavy atom. The van der Waals surface area contributed by atoms with Gasteiger partial charge in [-0.15, -0.1) is 0 Å². The summed E-state index contributed by atoms with van der Waals surface area (Å²) in [7, 11) is 1.77. The number of nitrogen functional groups attached to an aromatic ring is 1. The number of anilines is 2. The van der Waals surface area contributed by atoms with Gasteiger partial charge >= 0.3 is 0 Å². The van der Waals surface area contributed by atoms with Crippen molar-refractivity contribution in [1.82, 2.24) is 4.98 Å². The second-order valence-corrected chi connectivity index (χ2v) is 10.9. The summed E-state index contributed by atoms with van der Waals surface area (Å²) >= 11 is 0. The van der Waals surface area contributed by atoms with Crippen LogP contribution in [0.1, 0.15) is 37.8 Å². The Balaban J connectivity index is 1.31. The largest absolute Gasteiger partial charge is 0.383 e. The predicted molar refractivity (Wildman–Crippen MR) is 153 cm³/mol. The number of nitrogens with two attached hydrogens (primary N) is 2. The van der Waals surface area contributed by atoms with Crippen molar-refractivity contribution in [2.75, 3.05) is 17.7 Å². The molecule has 1 saturated carbocycles. The Labute approximate surface area is 227 Å². The average molecular weight is 529 g/mol. The number of pyridine rings is 1. The van der Waals surface area contributed by atoms with Crippen LogP contribution in [0, 0.1) is 11.7 Å². The number of benzene rings is 2. The molecule has 0 unspecified atom stereocenters. The van der Waals surface area contributed by atoms with E-state index in [0.29, 0.717) is 11.3 Å². The van der Waals surface area contributed by atoms with Crippen LogP contribution in [0.15, 0.2) is 64.3 Å². The van der Waals surface area contributed by atoms with Crippen molar-refractivity contribution in [2.45, 2.75) is 57.1 Å². The normalized spacial score (nSPS) is 27.7. The quantitative estimate of drug-likeness (QED) is 0.466. The molecule has 1 aromatic heterocycles. The van der Waals surface area contributed by atoms with Crippen molar-refractivity contribution in [2.24, 2.45) is 21.6 Å². The maximum absolute atomic E-state index is 13.8. The van der Waals surface area contributed by atoms with Crippen LogP contribution < -0.4 is 16.4 Å². The lowest BCUT2D eigenvalue weighted by atomic mass is 9.95. The van der Waals surface area contributed by atoms with Crippen molar-refractivity contribution >= 4 is 40.5 Å². The summed E-state index contributed by atoms with van der Waals surface area (Å²) in [5.74, 6) is 0.0949. The maximum atomic E-state index is 13.8. The minimum Gasteiger partial charge on any atom is -0.383 e. The highest BCUT2D eigenvalue weighted by molar-refractivity contribution is 6.36. The first-order valence-electron chi connectivity index (χ1n) is 13.2. The fourth-order valence-electron chi connectivity index (χ4n) is 6.44. The maximum Gasteiger partial charge on any atom is 0.165 e. The zero-order valence-electron chi connectivity index (χ0n) is 22.4. The zero-order valence-corrected chi connectivity index (χ0v) is 22.4. The van der Waals surface area contributed by atoms with Crippen LogP contribution in [0.25, 0.3) is 16.5 Å². The molecule has 8 nitrogen and oxygen atoms in total. The predicted octanol–water partition coefficient (Wildman–Crippen LogP) is 4.67. The first-order chi connectivity index (χ1) is 18.7. The minimum atomic E-state index is -0.691. The molecule has 9 heteroatoms. The number of hydrogen-bond acceptors (Lipinski definition) is 7. The lowest BCUT2D eigenvalue weighted by molar-refractivity contribution is -0.157. The van der Waals surface area contributed by atoms with E-state index in [1.54, 1.807) is 7.05 Å². The Morgan fingerprint density at radius 2 is 1.95 bits per heavy atom. The van der Waals surface area contributed by atoms with Gasteiger partial charge in [0.1, 0.15) is 17.8 Å². The number of halogens is 1. The zero-order chi connectivity index (χ0) is 27.5. The highest BCUT2D eigenvalue weighted by Gasteiger charge is 2.57. The summed E-state index contributed by atoms with van der Waals surface area (Å²) in [6.45, 7) is 7.59. The SMILES string of the molecule is C=N/C(N)=C1\C(=N/C)N([C@@H]2C[C@H](CCc3ccc4cc(F)c(N)nc4c3)[C@H]3OC(C)(C)O[C@H]32)c2ccccc21. The van der Waals surface area contributed by atoms with Gasteiger partial charge in [-0.05, 0) is 69.5 Å². The molecule has 1 aliphatic carbocycles. The van der Waals surface area contributed by atoms with Crippen molar-refractivity contribution in [1.29, 1.82) is 0 Å². The third-order valence-electron chi connectivity index (χ3n) is 8.07. The number of hydrogen-bond donors (Lipinski definition) is 2. The van der Waals surface area contributed by atoms with Gasteiger partial charge in [0.25, 0.3) is 0 Å². The van der Waals surface area contributed by atoms with Crippen LogP contribution in [0.3, 0.4) is 0 Å². The number of ether oxygens (including phenoxy) is 2. The van der Waals surface area contributed by atoms with E-state index in [-0.39, 0.29) is 30.0 Å². The van der Waals surface area contributed by atoms with Gasteiger partial charge in [-0.3, -0.25) is 4.99 Å². The second kappa shape index (κ2) is 9.43. The minimum absolute atomic E-state index is 0.00205. The van der Waals surface area contributed by atoms with Crippen LogP contribution in [0.2, 0.25) is 0 Å². The van der Waals surface area contributed by atoms with E-state index in [0.717, 1.165) is 52.9 Å². The number of amidine groups is 1. The molecule has 2 fully saturated rings. The molecule has 4 N–H and O–H groups in total. The van der Waals surface area contributed by atoms with Crippen LogP contribution in [0.5, 0.6) is 0 Å². The molecule has 6 rings (SSSR count). The van der Waals surface area contributed by atoms with Crippen LogP contribution in [-0.2, 0) is 15.9 Å². The lowest BCUT2D eigenvalue weighted by Gasteiger charge is -2.32. The molecule has 3 heterocycles. The molecule has 2 aromatic carbocycles. The molecule has 0 bridgehead atoms. The van der Waals surface area contributed by atoms with Crippen molar-refractivity contribution in [3.05, 3.63) is 71.3 Å². The third kappa shape index (κ3) is 4.26. The van der Waals surface area contributed by atoms with Crippen LogP contribution in [-0.4, -0.2) is 48.6 Å². The van der Waals surface area contributed by atoms with E-state index in [1.165, 1.54) is 6.07 Å². The molecule has 1 saturated heterocycles. The van der Waals surface area contributed by atoms with Gasteiger partial charge in [-0.2, -0.15) is 0 Å². The number of rotatable bonds is 5. The monoisotopic (exact) mass is 528 g/mol. The summed E-state index contributed by atoms with van der Waals surface area (Å²) in [4.78, 5) is 15.2. The van der Waals surface area contributed by atoms with Gasteiger partial charge in [0.2, 0.25) is 0 Å². The number of aryl methyl sites for hydroxylation is 1. The molecule has 0 radical (unpaired) electrons. The standard InChI is InChI=1S/C30H33FN6O2/c1-30(2)38-25-18(12-10-16-9-11-17-14-20(31)27(32)36-21(17)13-16)15-23(26(25)39-30)37-22-8-6-5-7-19(22)24(28(33)34-3)29(37)35-4/h5-9,11,13-14,18,23,25-26H,3,10,12,15,33H2,1-2,4H3,(H2,32,36)/b28-24-,35-29+/t18-,23+,25+,26-/m0/s1. The number of para-hydroxylation sites is 1. The number of aliphatic imine (C=N–C) groups is 2. The number of aromatic nitrogens is 1. The lowest BCUT2D eigenvalue weighted by Crippen LogP contribution is -2.45. The van der Waals surface area contributed by atoms with Gasteiger partial charge < -0.3 is 25.8 Å². The molecule has 3 aliphatic rings. The molecular formula is C30H33FN6O2. The van der Waals surface area contributed by atoms with Gasteiger partial charge in [0.15, 0.2) is 17.4 Å². The fraction of sp³-hybridized carbons (Fsp3) is 0.367. The fourth-order valence-corrected chi connectivity index (χ4v) is 6.44. The van der Waals surface area contributed by atoms with Gasteiger partial charge in [0, 0.05) is 18.0 Å². The van der Waals surface area contributed by atoms with Gasteiger partial charge in [-0.1, -0.05) is 30.3 Å². The Hall–Kier alpha value is -3.82. The summed E-state index contributed by atoms with van der Waals surface area (Å²) < 4.78 is 26.9. The van der Waals surface area contributed by atoms with Crippen molar-refractivity contribution in [3.8, 4) is 0 Å². The van der Waals surface area contributed by atoms with E-state index in [1.807, 2.05) is 50.2 Å². The molecular weight excluding hydrogens is 495 g/mol. The van der Waals surface area contributed by atoms with Gasteiger partial charge in [0.05, 0.1) is 28.9 Å². The first kappa shape index (κ1) is 25.5. The summed E-state index contributed by atoms with van der Waals surface area (Å²) in [5.41, 5.74) is 16.7. The molecule has 3 aromatic rings. The topological polar surface area (TPSA) is 111 Å². The molecule has 39 heavy (non-hydrogen) atoms. The van der Waals surface area contributed by atoms with Gasteiger partial charge in [-0.25, -0.2) is 14.4 Å². The highest BCUT2D eigenvalue weighted by Crippen LogP contribution is 2.49. The summed E-state index contributed by atoms with van der Waals surface area (Å²) in [5, 5.41) is 0.733. The first-order valence-corrected chi connectivity index (χ1v) is 13.2. The van der Waals surface area contributed by atoms with E-state index in [2.05, 4.69) is 32.7 Å². The van der Waals surface area contributed by atoms with Crippen molar-refractivity contribution in [3.63, 3.8) is 0 Å². The molecule has 0 spiro atoms. The number of nitrogens with zero attached hydrogens (tertiary/aromatic N) is 4. The van der Waals surface area contributed by atoms with E-state index in [9.17, 15) is 4.39 Å². The Morgan fingerprint density at radius 1 is 1.18 bits per heavy atom. The summed E-state index contributed by atoms with van der Waals surface area (Å²) in [6, 6.07) is 15.5. The van der Waals surface area contributed by atoms with E-state index >= 15 is 0 Å². The Kier molecular flexibility index (Phi) is 6.15. The highest BCUT2D eigenvalue weighted by atomic mass is 19.1. The smallest absolute Gasteiger partial charge is 0.165 e. The van der Waals surface area contributed by atoms with E-state index < -0.39 is 11.6 Å². The van der Waals surface area contributed by atoms with E-state index in [4.69, 9.17) is 20.9 Å². The Bertz CT molecular complexity index is 1530. The average Bonchev–Trinajstić information content (AvgIpc) is 3.53. The number of fused-ring (bicyclic) bond motifs is 3. The van der Waals surface area contributed by atoms with Crippen LogP contribution in [0.4, 0.5) is 15.9 Å².